The number of allylic oxidation sites excluding steroid dienone is 2. The van der Waals surface area contributed by atoms with Crippen LogP contribution in [0.4, 0.5) is 0 Å². The van der Waals surface area contributed by atoms with Gasteiger partial charge in [0.05, 0.1) is 6.61 Å². The first kappa shape index (κ1) is 51.8. The lowest BCUT2D eigenvalue weighted by atomic mass is 10.0. The van der Waals surface area contributed by atoms with Gasteiger partial charge in [-0.25, -0.2) is 4.57 Å². The monoisotopic (exact) mass is 773 g/mol. The molecular weight excluding hydrogens is 687 g/mol. The van der Waals surface area contributed by atoms with Gasteiger partial charge in [-0.1, -0.05) is 199 Å². The third-order valence-electron chi connectivity index (χ3n) is 10.0. The molecule has 0 aromatic heterocycles. The first-order chi connectivity index (χ1) is 25.8. The van der Waals surface area contributed by atoms with Crippen LogP contribution in [0.3, 0.4) is 0 Å². The van der Waals surface area contributed by atoms with E-state index in [1.54, 1.807) is 0 Å². The molecule has 0 bridgehead atoms. The highest BCUT2D eigenvalue weighted by atomic mass is 31.2. The van der Waals surface area contributed by atoms with Crippen molar-refractivity contribution in [1.82, 2.24) is 0 Å². The number of hydrogen-bond donors (Lipinski definition) is 2. The molecule has 0 aromatic rings. The van der Waals surface area contributed by atoms with E-state index >= 15 is 0 Å². The van der Waals surface area contributed by atoms with E-state index in [9.17, 15) is 14.2 Å². The smallest absolute Gasteiger partial charge is 0.462 e. The zero-order valence-corrected chi connectivity index (χ0v) is 35.6. The molecule has 0 saturated heterocycles. The second-order valence-corrected chi connectivity index (χ2v) is 16.6. The van der Waals surface area contributed by atoms with Crippen molar-refractivity contribution in [2.75, 3.05) is 13.2 Å². The minimum atomic E-state index is -4.75. The van der Waals surface area contributed by atoms with Crippen molar-refractivity contribution in [2.45, 2.75) is 245 Å². The molecule has 0 saturated carbocycles. The van der Waals surface area contributed by atoms with Crippen LogP contribution < -0.4 is 0 Å². The minimum Gasteiger partial charge on any atom is -0.462 e. The molecule has 2 N–H and O–H groups in total. The zero-order chi connectivity index (χ0) is 38.9. The summed E-state index contributed by atoms with van der Waals surface area (Å²) in [6, 6.07) is 0. The molecule has 8 nitrogen and oxygen atoms in total. The maximum absolute atomic E-state index is 12.4. The van der Waals surface area contributed by atoms with Gasteiger partial charge in [0.2, 0.25) is 0 Å². The van der Waals surface area contributed by atoms with Gasteiger partial charge in [-0.15, -0.1) is 0 Å². The second-order valence-electron chi connectivity index (χ2n) is 15.4. The van der Waals surface area contributed by atoms with Crippen LogP contribution in [0.25, 0.3) is 0 Å². The summed E-state index contributed by atoms with van der Waals surface area (Å²) in [7, 11) is -4.75. The molecule has 1 atom stereocenters. The molecule has 0 spiro atoms. The Morgan fingerprint density at radius 2 is 0.792 bits per heavy atom. The zero-order valence-electron chi connectivity index (χ0n) is 34.7. The molecule has 0 radical (unpaired) electrons. The predicted molar refractivity (Wildman–Crippen MR) is 221 cm³/mol. The third kappa shape index (κ3) is 43.4. The van der Waals surface area contributed by atoms with Crippen LogP contribution in [-0.4, -0.2) is 41.0 Å². The highest BCUT2D eigenvalue weighted by Crippen LogP contribution is 2.36. The van der Waals surface area contributed by atoms with E-state index in [0.29, 0.717) is 6.42 Å². The van der Waals surface area contributed by atoms with E-state index in [-0.39, 0.29) is 19.4 Å². The Hall–Kier alpha value is -1.21. The molecule has 0 aliphatic heterocycles. The maximum atomic E-state index is 12.4. The summed E-state index contributed by atoms with van der Waals surface area (Å²) in [6.07, 6.45) is 45.0. The van der Waals surface area contributed by atoms with Crippen LogP contribution in [0.2, 0.25) is 0 Å². The Morgan fingerprint density at radius 1 is 0.472 bits per heavy atom. The molecule has 9 heteroatoms. The van der Waals surface area contributed by atoms with Gasteiger partial charge < -0.3 is 19.3 Å². The third-order valence-corrected chi connectivity index (χ3v) is 10.5. The number of esters is 2. The van der Waals surface area contributed by atoms with E-state index in [0.717, 1.165) is 44.9 Å². The Bertz CT molecular complexity index is 873. The molecule has 0 aromatic carbocycles. The number of unbranched alkanes of at least 4 members (excludes halogenated alkanes) is 30. The fourth-order valence-electron chi connectivity index (χ4n) is 6.66. The van der Waals surface area contributed by atoms with E-state index in [2.05, 4.69) is 30.5 Å². The fraction of sp³-hybridized carbons (Fsp3) is 0.909. The maximum Gasteiger partial charge on any atom is 0.469 e. The second kappa shape index (κ2) is 40.5. The highest BCUT2D eigenvalue weighted by molar-refractivity contribution is 7.46. The van der Waals surface area contributed by atoms with Gasteiger partial charge in [-0.2, -0.15) is 0 Å². The summed E-state index contributed by atoms with van der Waals surface area (Å²) >= 11 is 0. The normalized spacial score (nSPS) is 12.5. The molecule has 0 amide bonds. The van der Waals surface area contributed by atoms with E-state index in [1.807, 2.05) is 0 Å². The average Bonchev–Trinajstić information content (AvgIpc) is 3.13. The fourth-order valence-corrected chi connectivity index (χ4v) is 7.02. The van der Waals surface area contributed by atoms with Gasteiger partial charge >= 0.3 is 19.8 Å². The van der Waals surface area contributed by atoms with Crippen molar-refractivity contribution < 1.29 is 37.9 Å². The van der Waals surface area contributed by atoms with Crippen molar-refractivity contribution >= 4 is 19.8 Å². The van der Waals surface area contributed by atoms with Gasteiger partial charge in [0.25, 0.3) is 0 Å². The number of ether oxygens (including phenoxy) is 2. The van der Waals surface area contributed by atoms with Gasteiger partial charge in [-0.05, 0) is 38.5 Å². The SMILES string of the molecule is CCCCCCCC/C=C\CCCCCCCCCC(=O)OC(COC(=O)CCCCCCCCCCCCCCCCCCCC)COP(=O)(O)O. The Kier molecular flexibility index (Phi) is 39.5. The number of carbonyl (C=O) groups excluding carboxylic acids is 2. The molecule has 53 heavy (non-hydrogen) atoms. The van der Waals surface area contributed by atoms with Crippen molar-refractivity contribution in [1.29, 1.82) is 0 Å². The van der Waals surface area contributed by atoms with Crippen molar-refractivity contribution in [3.8, 4) is 0 Å². The molecule has 0 rings (SSSR count). The highest BCUT2D eigenvalue weighted by Gasteiger charge is 2.23. The van der Waals surface area contributed by atoms with Gasteiger partial charge in [-0.3, -0.25) is 14.1 Å². The van der Waals surface area contributed by atoms with Crippen molar-refractivity contribution in [3.05, 3.63) is 12.2 Å². The lowest BCUT2D eigenvalue weighted by Gasteiger charge is -2.18. The van der Waals surface area contributed by atoms with Crippen LogP contribution in [0.1, 0.15) is 239 Å². The number of phosphoric ester groups is 1. The standard InChI is InChI=1S/C44H85O8P/c1-3-5-7-9-11-13-15-17-19-21-23-24-26-28-30-32-34-36-38-43(45)50-40-42(41-51-53(47,48)49)52-44(46)39-37-35-33-31-29-27-25-22-20-18-16-14-12-10-8-6-4-2/h18,20,42H,3-17,19,21-41H2,1-2H3,(H2,47,48,49)/b20-18-. The number of hydrogen-bond acceptors (Lipinski definition) is 6. The average molecular weight is 773 g/mol. The van der Waals surface area contributed by atoms with Crippen LogP contribution in [0.5, 0.6) is 0 Å². The van der Waals surface area contributed by atoms with Crippen molar-refractivity contribution in [3.63, 3.8) is 0 Å². The summed E-state index contributed by atoms with van der Waals surface area (Å²) in [4.78, 5) is 42.9. The molecule has 0 aliphatic carbocycles. The number of carbonyl (C=O) groups is 2. The Labute approximate surface area is 327 Å². The van der Waals surface area contributed by atoms with Gasteiger partial charge in [0, 0.05) is 12.8 Å². The Morgan fingerprint density at radius 3 is 1.15 bits per heavy atom. The molecule has 314 valence electrons. The molecule has 0 fully saturated rings. The Balaban J connectivity index is 3.85. The number of rotatable bonds is 42. The van der Waals surface area contributed by atoms with Crippen LogP contribution in [0, 0.1) is 0 Å². The number of phosphoric acid groups is 1. The van der Waals surface area contributed by atoms with Gasteiger partial charge in [0.1, 0.15) is 6.61 Å². The quantitative estimate of drug-likeness (QED) is 0.0272. The molecular formula is C44H85O8P. The van der Waals surface area contributed by atoms with E-state index in [1.165, 1.54) is 161 Å². The van der Waals surface area contributed by atoms with Gasteiger partial charge in [0.15, 0.2) is 6.10 Å². The molecule has 1 unspecified atom stereocenters. The van der Waals surface area contributed by atoms with Crippen molar-refractivity contribution in [2.24, 2.45) is 0 Å². The lowest BCUT2D eigenvalue weighted by Crippen LogP contribution is -2.29. The topological polar surface area (TPSA) is 119 Å². The lowest BCUT2D eigenvalue weighted by molar-refractivity contribution is -0.161. The van der Waals surface area contributed by atoms with E-state index < -0.39 is 32.5 Å². The summed E-state index contributed by atoms with van der Waals surface area (Å²) in [5.41, 5.74) is 0. The molecule has 0 aliphatic rings. The largest absolute Gasteiger partial charge is 0.469 e. The molecule has 0 heterocycles. The van der Waals surface area contributed by atoms with Crippen LogP contribution >= 0.6 is 7.82 Å². The van der Waals surface area contributed by atoms with Crippen LogP contribution in [0.15, 0.2) is 12.2 Å². The van der Waals surface area contributed by atoms with Crippen LogP contribution in [-0.2, 0) is 28.2 Å². The summed E-state index contributed by atoms with van der Waals surface area (Å²) in [6.45, 7) is 3.71. The van der Waals surface area contributed by atoms with E-state index in [4.69, 9.17) is 19.3 Å². The summed E-state index contributed by atoms with van der Waals surface area (Å²) in [5, 5.41) is 0. The summed E-state index contributed by atoms with van der Waals surface area (Å²) in [5.74, 6) is -0.875. The summed E-state index contributed by atoms with van der Waals surface area (Å²) < 4.78 is 26.4. The predicted octanol–water partition coefficient (Wildman–Crippen LogP) is 13.8. The minimum absolute atomic E-state index is 0.211. The first-order valence-corrected chi connectivity index (χ1v) is 24.0. The first-order valence-electron chi connectivity index (χ1n) is 22.5.